The van der Waals surface area contributed by atoms with Gasteiger partial charge in [0.25, 0.3) is 11.1 Å². The highest BCUT2D eigenvalue weighted by molar-refractivity contribution is 7.20. The van der Waals surface area contributed by atoms with E-state index in [1.165, 1.54) is 11.3 Å². The zero-order valence-corrected chi connectivity index (χ0v) is 17.4. The zero-order chi connectivity index (χ0) is 20.2. The first-order chi connectivity index (χ1) is 14.1. The van der Waals surface area contributed by atoms with Crippen molar-refractivity contribution in [3.63, 3.8) is 0 Å². The van der Waals surface area contributed by atoms with E-state index < -0.39 is 6.10 Å². The molecular weight excluding hydrogens is 388 g/mol. The zero-order valence-electron chi connectivity index (χ0n) is 16.5. The Balaban J connectivity index is 1.30. The Kier molecular flexibility index (Phi) is 5.85. The summed E-state index contributed by atoms with van der Waals surface area (Å²) in [5.74, 6) is 1.53. The van der Waals surface area contributed by atoms with Gasteiger partial charge < -0.3 is 19.1 Å². The molecule has 1 aliphatic heterocycles. The van der Waals surface area contributed by atoms with E-state index in [2.05, 4.69) is 4.98 Å². The number of amides is 1. The summed E-state index contributed by atoms with van der Waals surface area (Å²) in [5.41, 5.74) is 0.908. The highest BCUT2D eigenvalue weighted by Crippen LogP contribution is 2.32. The van der Waals surface area contributed by atoms with Crippen molar-refractivity contribution in [2.45, 2.75) is 32.0 Å². The molecule has 29 heavy (non-hydrogen) atoms. The maximum atomic E-state index is 12.7. The van der Waals surface area contributed by atoms with Crippen molar-refractivity contribution in [1.29, 1.82) is 0 Å². The number of likely N-dealkylation sites (tertiary alicyclic amines) is 1. The van der Waals surface area contributed by atoms with Gasteiger partial charge in [0.1, 0.15) is 17.6 Å². The lowest BCUT2D eigenvalue weighted by Crippen LogP contribution is -2.46. The number of nitrogens with zero attached hydrogens (tertiary/aromatic N) is 2. The summed E-state index contributed by atoms with van der Waals surface area (Å²) >= 11 is 1.52. The van der Waals surface area contributed by atoms with Crippen LogP contribution in [0, 0.1) is 0 Å². The van der Waals surface area contributed by atoms with Gasteiger partial charge in [-0.2, -0.15) is 0 Å². The van der Waals surface area contributed by atoms with E-state index in [1.54, 1.807) is 14.0 Å². The van der Waals surface area contributed by atoms with Gasteiger partial charge in [-0.1, -0.05) is 29.5 Å². The number of hydrogen-bond acceptors (Lipinski definition) is 6. The molecule has 3 aromatic rings. The van der Waals surface area contributed by atoms with Gasteiger partial charge in [-0.05, 0) is 37.3 Å². The Hall–Kier alpha value is -2.80. The molecule has 0 aliphatic carbocycles. The van der Waals surface area contributed by atoms with Crippen LogP contribution in [0.2, 0.25) is 0 Å². The number of methoxy groups -OCH3 is 1. The summed E-state index contributed by atoms with van der Waals surface area (Å²) in [6.45, 7) is 3.11. The Bertz CT molecular complexity index is 967. The number of ether oxygens (including phenoxy) is 3. The maximum Gasteiger partial charge on any atom is 0.274 e. The van der Waals surface area contributed by atoms with Crippen LogP contribution in [0.4, 0.5) is 0 Å². The van der Waals surface area contributed by atoms with Crippen LogP contribution in [-0.2, 0) is 4.79 Å². The Morgan fingerprint density at radius 2 is 1.90 bits per heavy atom. The Morgan fingerprint density at radius 3 is 2.62 bits per heavy atom. The van der Waals surface area contributed by atoms with E-state index in [0.717, 1.165) is 28.8 Å². The fourth-order valence-electron chi connectivity index (χ4n) is 3.41. The lowest BCUT2D eigenvalue weighted by Gasteiger charge is -2.33. The number of carbonyl (C=O) groups is 1. The molecule has 6 nitrogen and oxygen atoms in total. The summed E-state index contributed by atoms with van der Waals surface area (Å²) in [6.07, 6.45) is 1.12. The van der Waals surface area contributed by atoms with E-state index in [-0.39, 0.29) is 12.0 Å². The molecule has 1 fully saturated rings. The van der Waals surface area contributed by atoms with Crippen molar-refractivity contribution in [1.82, 2.24) is 9.88 Å². The summed E-state index contributed by atoms with van der Waals surface area (Å²) in [6, 6.07) is 15.2. The summed E-state index contributed by atoms with van der Waals surface area (Å²) in [5, 5.41) is 0.666. The minimum atomic E-state index is -0.505. The van der Waals surface area contributed by atoms with Crippen LogP contribution in [-0.4, -0.2) is 48.2 Å². The van der Waals surface area contributed by atoms with Gasteiger partial charge in [0.15, 0.2) is 6.10 Å². The van der Waals surface area contributed by atoms with Crippen molar-refractivity contribution in [3.05, 3.63) is 48.5 Å². The molecule has 1 atom stereocenters. The van der Waals surface area contributed by atoms with Gasteiger partial charge in [0.05, 0.1) is 17.3 Å². The molecule has 1 saturated heterocycles. The molecule has 0 spiro atoms. The molecule has 0 saturated carbocycles. The topological polar surface area (TPSA) is 60.9 Å². The number of aromatic nitrogens is 1. The molecule has 4 rings (SSSR count). The van der Waals surface area contributed by atoms with Gasteiger partial charge in [-0.25, -0.2) is 4.98 Å². The largest absolute Gasteiger partial charge is 0.497 e. The van der Waals surface area contributed by atoms with E-state index in [1.807, 2.05) is 53.4 Å². The lowest BCUT2D eigenvalue weighted by molar-refractivity contribution is -0.139. The Labute approximate surface area is 174 Å². The number of thiazole rings is 1. The van der Waals surface area contributed by atoms with Gasteiger partial charge >= 0.3 is 0 Å². The molecule has 1 unspecified atom stereocenters. The third-order valence-corrected chi connectivity index (χ3v) is 5.91. The lowest BCUT2D eigenvalue weighted by atomic mass is 10.1. The molecule has 2 aromatic carbocycles. The molecule has 2 heterocycles. The monoisotopic (exact) mass is 412 g/mol. The van der Waals surface area contributed by atoms with Crippen LogP contribution < -0.4 is 14.2 Å². The smallest absolute Gasteiger partial charge is 0.274 e. The van der Waals surface area contributed by atoms with Gasteiger partial charge in [0, 0.05) is 25.9 Å². The van der Waals surface area contributed by atoms with E-state index in [0.29, 0.717) is 24.0 Å². The second kappa shape index (κ2) is 8.69. The molecule has 0 N–H and O–H groups in total. The SMILES string of the molecule is COc1ccc2nc(OC3CCN(C(=O)C(C)Oc4ccccc4)CC3)sc2c1. The normalized spacial score (nSPS) is 15.9. The van der Waals surface area contributed by atoms with Crippen LogP contribution in [0.3, 0.4) is 0 Å². The Morgan fingerprint density at radius 1 is 1.14 bits per heavy atom. The fourth-order valence-corrected chi connectivity index (χ4v) is 4.32. The summed E-state index contributed by atoms with van der Waals surface area (Å²) in [4.78, 5) is 19.1. The van der Waals surface area contributed by atoms with Gasteiger partial charge in [0.2, 0.25) is 0 Å². The van der Waals surface area contributed by atoms with Crippen LogP contribution in [0.15, 0.2) is 48.5 Å². The molecule has 7 heteroatoms. The average molecular weight is 413 g/mol. The van der Waals surface area contributed by atoms with Crippen LogP contribution in [0.5, 0.6) is 16.7 Å². The third-order valence-electron chi connectivity index (χ3n) is 5.00. The summed E-state index contributed by atoms with van der Waals surface area (Å²) in [7, 11) is 1.65. The molecule has 1 amide bonds. The molecule has 1 aromatic heterocycles. The number of carbonyl (C=O) groups excluding carboxylic acids is 1. The van der Waals surface area contributed by atoms with E-state index in [9.17, 15) is 4.79 Å². The first-order valence-corrected chi connectivity index (χ1v) is 10.6. The predicted octanol–water partition coefficient (Wildman–Crippen LogP) is 4.14. The van der Waals surface area contributed by atoms with Crippen molar-refractivity contribution in [3.8, 4) is 16.7 Å². The van der Waals surface area contributed by atoms with Crippen molar-refractivity contribution in [2.75, 3.05) is 20.2 Å². The minimum absolute atomic E-state index is 0.0133. The second-order valence-corrected chi connectivity index (χ2v) is 8.02. The number of hydrogen-bond donors (Lipinski definition) is 0. The fraction of sp³-hybridized carbons (Fsp3) is 0.364. The van der Waals surface area contributed by atoms with E-state index in [4.69, 9.17) is 14.2 Å². The molecule has 0 bridgehead atoms. The van der Waals surface area contributed by atoms with Crippen LogP contribution in [0.25, 0.3) is 10.2 Å². The van der Waals surface area contributed by atoms with Gasteiger partial charge in [-0.3, -0.25) is 4.79 Å². The maximum absolute atomic E-state index is 12.7. The first kappa shape index (κ1) is 19.5. The highest BCUT2D eigenvalue weighted by Gasteiger charge is 2.28. The van der Waals surface area contributed by atoms with E-state index >= 15 is 0 Å². The van der Waals surface area contributed by atoms with Crippen molar-refractivity contribution < 1.29 is 19.0 Å². The standard InChI is InChI=1S/C22H24N2O4S/c1-15(27-16-6-4-3-5-7-16)21(25)24-12-10-17(11-13-24)28-22-23-19-9-8-18(26-2)14-20(19)29-22/h3-9,14-15,17H,10-13H2,1-2H3. The number of piperidine rings is 1. The minimum Gasteiger partial charge on any atom is -0.497 e. The molecular formula is C22H24N2O4S. The number of rotatable bonds is 6. The number of para-hydroxylation sites is 1. The number of fused-ring (bicyclic) bond motifs is 1. The third kappa shape index (κ3) is 4.62. The first-order valence-electron chi connectivity index (χ1n) is 9.74. The van der Waals surface area contributed by atoms with Crippen molar-refractivity contribution >= 4 is 27.5 Å². The quantitative estimate of drug-likeness (QED) is 0.609. The average Bonchev–Trinajstić information content (AvgIpc) is 3.15. The highest BCUT2D eigenvalue weighted by atomic mass is 32.1. The summed E-state index contributed by atoms with van der Waals surface area (Å²) < 4.78 is 18.2. The molecule has 1 aliphatic rings. The molecule has 152 valence electrons. The predicted molar refractivity (Wildman–Crippen MR) is 113 cm³/mol. The number of benzene rings is 2. The van der Waals surface area contributed by atoms with Crippen LogP contribution >= 0.6 is 11.3 Å². The van der Waals surface area contributed by atoms with Crippen molar-refractivity contribution in [2.24, 2.45) is 0 Å². The second-order valence-electron chi connectivity index (χ2n) is 7.03. The van der Waals surface area contributed by atoms with Gasteiger partial charge in [-0.15, -0.1) is 0 Å². The van der Waals surface area contributed by atoms with Crippen LogP contribution in [0.1, 0.15) is 19.8 Å². The molecule has 0 radical (unpaired) electrons.